The summed E-state index contributed by atoms with van der Waals surface area (Å²) >= 11 is 0. The van der Waals surface area contributed by atoms with Crippen molar-refractivity contribution in [1.82, 2.24) is 19.6 Å². The van der Waals surface area contributed by atoms with Gasteiger partial charge >= 0.3 is 0 Å². The summed E-state index contributed by atoms with van der Waals surface area (Å²) in [5.74, 6) is 0. The van der Waals surface area contributed by atoms with Crippen LogP contribution in [0.1, 0.15) is 85.5 Å². The van der Waals surface area contributed by atoms with Gasteiger partial charge in [0.05, 0.1) is 0 Å². The number of hydrogen-bond donors (Lipinski definition) is 0. The molecule has 4 saturated heterocycles. The Morgan fingerprint density at radius 3 is 0.483 bits per heavy atom. The summed E-state index contributed by atoms with van der Waals surface area (Å²) < 4.78 is 0. The topological polar surface area (TPSA) is 13.0 Å². The van der Waals surface area contributed by atoms with Gasteiger partial charge in [-0.3, -0.25) is 0 Å². The fraction of sp³-hybridized carbons (Fsp3) is 1.00. The Balaban J connectivity index is 0. The molecule has 4 rings (SSSR count). The Bertz CT molecular complexity index is 262. The van der Waals surface area contributed by atoms with Crippen molar-refractivity contribution < 1.29 is 0 Å². The summed E-state index contributed by atoms with van der Waals surface area (Å²) in [6.07, 6.45) is 15.7. The highest BCUT2D eigenvalue weighted by molar-refractivity contribution is 4.60. The maximum Gasteiger partial charge on any atom is -0.00213 e. The van der Waals surface area contributed by atoms with E-state index >= 15 is 0 Å². The number of rotatable bonds is 0. The van der Waals surface area contributed by atoms with Gasteiger partial charge in [-0.2, -0.15) is 0 Å². The zero-order valence-corrected chi connectivity index (χ0v) is 19.2. The Morgan fingerprint density at radius 2 is 0.414 bits per heavy atom. The van der Waals surface area contributed by atoms with Gasteiger partial charge in [0.2, 0.25) is 0 Å². The van der Waals surface area contributed by atoms with Crippen LogP contribution in [-0.2, 0) is 0 Å². The predicted molar refractivity (Wildman–Crippen MR) is 134 cm³/mol. The number of nitrogens with zero attached hydrogens (tertiary/aromatic N) is 4. The molecule has 0 spiro atoms. The fourth-order valence-corrected chi connectivity index (χ4v) is 4.03. The molecule has 0 unspecified atom stereocenters. The van der Waals surface area contributed by atoms with E-state index in [1.54, 1.807) is 0 Å². The minimum atomic E-state index is 0. The van der Waals surface area contributed by atoms with E-state index < -0.39 is 0 Å². The zero-order valence-electron chi connectivity index (χ0n) is 19.2. The Hall–Kier alpha value is -0.160. The van der Waals surface area contributed by atoms with E-state index in [4.69, 9.17) is 0 Å². The summed E-state index contributed by atoms with van der Waals surface area (Å²) in [4.78, 5) is 9.54. The molecule has 4 nitrogen and oxygen atoms in total. The van der Waals surface area contributed by atoms with Crippen LogP contribution in [0.2, 0.25) is 0 Å². The smallest absolute Gasteiger partial charge is 0.00213 e. The highest BCUT2D eigenvalue weighted by Gasteiger charge is 2.04. The van der Waals surface area contributed by atoms with E-state index in [2.05, 4.69) is 47.8 Å². The van der Waals surface area contributed by atoms with Gasteiger partial charge in [-0.05, 0) is 132 Å². The fourth-order valence-electron chi connectivity index (χ4n) is 4.03. The molecule has 0 atom stereocenters. The summed E-state index contributed by atoms with van der Waals surface area (Å²) in [5.41, 5.74) is 0. The number of piperidine rings is 3. The van der Waals surface area contributed by atoms with Gasteiger partial charge in [0.1, 0.15) is 0 Å². The highest BCUT2D eigenvalue weighted by atomic mass is 15.1. The van der Waals surface area contributed by atoms with E-state index in [-0.39, 0.29) is 14.9 Å². The normalized spacial score (nSPS) is 23.6. The van der Waals surface area contributed by atoms with Crippen LogP contribution in [-0.4, -0.2) is 100 Å². The first-order valence-corrected chi connectivity index (χ1v) is 11.8. The molecule has 0 amide bonds. The molecule has 0 aromatic rings. The molecule has 0 N–H and O–H groups in total. The van der Waals surface area contributed by atoms with E-state index in [0.717, 1.165) is 0 Å². The van der Waals surface area contributed by atoms with Gasteiger partial charge < -0.3 is 19.6 Å². The summed E-state index contributed by atoms with van der Waals surface area (Å²) in [7, 11) is 8.75. The van der Waals surface area contributed by atoms with E-state index in [1.165, 1.54) is 123 Å². The van der Waals surface area contributed by atoms with Crippen LogP contribution >= 0.6 is 0 Å². The zero-order chi connectivity index (χ0) is 19.7. The summed E-state index contributed by atoms with van der Waals surface area (Å²) in [6.45, 7) is 10.6. The molecule has 4 heteroatoms. The van der Waals surface area contributed by atoms with E-state index in [1.807, 2.05) is 0 Å². The molecule has 0 aliphatic carbocycles. The molecule has 0 bridgehead atoms. The number of likely N-dealkylation sites (tertiary alicyclic amines) is 4. The largest absolute Gasteiger partial charge is 0.306 e. The van der Waals surface area contributed by atoms with E-state index in [9.17, 15) is 0 Å². The Morgan fingerprint density at radius 1 is 0.276 bits per heavy atom. The summed E-state index contributed by atoms with van der Waals surface area (Å²) in [6, 6.07) is 0. The molecule has 178 valence electrons. The molecule has 4 fully saturated rings. The molecule has 0 aromatic carbocycles. The maximum atomic E-state index is 2.39. The monoisotopic (exact) mass is 414 g/mol. The van der Waals surface area contributed by atoms with Crippen LogP contribution < -0.4 is 0 Å². The standard InChI is InChI=1S/3C6H13N.C5H11N.2CH4/c3*1-7-5-3-2-4-6-7;1-6-4-2-3-5-6;;/h3*2-6H2,1H3;2-5H2,1H3;2*1H4. The Kier molecular flexibility index (Phi) is 22.6. The van der Waals surface area contributed by atoms with Crippen LogP contribution in [0.25, 0.3) is 0 Å². The third-order valence-corrected chi connectivity index (χ3v) is 6.07. The third kappa shape index (κ3) is 19.5. The highest BCUT2D eigenvalue weighted by Crippen LogP contribution is 2.06. The van der Waals surface area contributed by atoms with E-state index in [0.29, 0.717) is 0 Å². The Labute approximate surface area is 186 Å². The van der Waals surface area contributed by atoms with Gasteiger partial charge in [-0.1, -0.05) is 34.1 Å². The maximum absolute atomic E-state index is 2.39. The van der Waals surface area contributed by atoms with Crippen molar-refractivity contribution in [1.29, 1.82) is 0 Å². The molecule has 0 saturated carbocycles. The molecule has 29 heavy (non-hydrogen) atoms. The van der Waals surface area contributed by atoms with Crippen LogP contribution in [0.15, 0.2) is 0 Å². The van der Waals surface area contributed by atoms with Crippen molar-refractivity contribution in [2.75, 3.05) is 80.5 Å². The lowest BCUT2D eigenvalue weighted by molar-refractivity contribution is 0.277. The van der Waals surface area contributed by atoms with Crippen LogP contribution in [0.3, 0.4) is 0 Å². The van der Waals surface area contributed by atoms with Gasteiger partial charge in [-0.25, -0.2) is 0 Å². The lowest BCUT2D eigenvalue weighted by Gasteiger charge is -2.20. The van der Waals surface area contributed by atoms with Crippen molar-refractivity contribution in [2.24, 2.45) is 0 Å². The molecular weight excluding hydrogens is 356 g/mol. The average molecular weight is 415 g/mol. The average Bonchev–Trinajstić information content (AvgIpc) is 3.16. The van der Waals surface area contributed by atoms with Crippen molar-refractivity contribution in [2.45, 2.75) is 85.5 Å². The van der Waals surface area contributed by atoms with Gasteiger partial charge in [0.25, 0.3) is 0 Å². The first-order valence-electron chi connectivity index (χ1n) is 11.8. The lowest BCUT2D eigenvalue weighted by Crippen LogP contribution is -2.24. The predicted octanol–water partition coefficient (Wildman–Crippen LogP) is 5.29. The number of hydrogen-bond acceptors (Lipinski definition) is 4. The van der Waals surface area contributed by atoms with Crippen LogP contribution in [0.4, 0.5) is 0 Å². The van der Waals surface area contributed by atoms with Crippen LogP contribution in [0, 0.1) is 0 Å². The van der Waals surface area contributed by atoms with Crippen molar-refractivity contribution >= 4 is 0 Å². The minimum Gasteiger partial charge on any atom is -0.306 e. The second-order valence-electron chi connectivity index (χ2n) is 9.10. The summed E-state index contributed by atoms with van der Waals surface area (Å²) in [5, 5.41) is 0. The molecule has 0 aromatic heterocycles. The second kappa shape index (κ2) is 21.1. The van der Waals surface area contributed by atoms with Crippen molar-refractivity contribution in [3.8, 4) is 0 Å². The van der Waals surface area contributed by atoms with Gasteiger partial charge in [0.15, 0.2) is 0 Å². The van der Waals surface area contributed by atoms with Gasteiger partial charge in [0, 0.05) is 0 Å². The van der Waals surface area contributed by atoms with Crippen molar-refractivity contribution in [3.63, 3.8) is 0 Å². The van der Waals surface area contributed by atoms with Gasteiger partial charge in [-0.15, -0.1) is 0 Å². The molecule has 4 aliphatic rings. The minimum absolute atomic E-state index is 0. The SMILES string of the molecule is C.C.CN1CCCC1.CN1CCCCC1.CN1CCCCC1.CN1CCCCC1. The first kappa shape index (κ1) is 31.0. The van der Waals surface area contributed by atoms with Crippen molar-refractivity contribution in [3.05, 3.63) is 0 Å². The second-order valence-corrected chi connectivity index (χ2v) is 9.10. The third-order valence-electron chi connectivity index (χ3n) is 6.07. The lowest BCUT2D eigenvalue weighted by atomic mass is 10.1. The molecular formula is C25H58N4. The quantitative estimate of drug-likeness (QED) is 0.534. The molecule has 4 heterocycles. The molecule has 4 aliphatic heterocycles. The first-order chi connectivity index (χ1) is 13.1. The molecule has 0 radical (unpaired) electrons. The van der Waals surface area contributed by atoms with Crippen LogP contribution in [0.5, 0.6) is 0 Å².